The van der Waals surface area contributed by atoms with Gasteiger partial charge < -0.3 is 15.7 Å². The van der Waals surface area contributed by atoms with Gasteiger partial charge in [0.15, 0.2) is 0 Å². The Kier molecular flexibility index (Phi) is 3.61. The van der Waals surface area contributed by atoms with Crippen molar-refractivity contribution >= 4 is 17.3 Å². The first-order valence-corrected chi connectivity index (χ1v) is 6.29. The van der Waals surface area contributed by atoms with Gasteiger partial charge in [-0.1, -0.05) is 17.7 Å². The molecule has 3 nitrogen and oxygen atoms in total. The Morgan fingerprint density at radius 1 is 1.41 bits per heavy atom. The van der Waals surface area contributed by atoms with E-state index < -0.39 is 6.10 Å². The SMILES string of the molecule is CN(C)c1ccc([C@@H](N)[C@@H](O)C2CC2)c(Cl)c1. The standard InChI is InChI=1S/C13H19ClN2O/c1-16(2)9-5-6-10(11(14)7-9)12(15)13(17)8-3-4-8/h5-8,12-13,17H,3-4,15H2,1-2H3/t12-,13+/m1/s1. The first kappa shape index (κ1) is 12.7. The van der Waals surface area contributed by atoms with E-state index in [4.69, 9.17) is 17.3 Å². The molecule has 1 aromatic carbocycles. The highest BCUT2D eigenvalue weighted by Gasteiger charge is 2.34. The maximum atomic E-state index is 10.0. The van der Waals surface area contributed by atoms with Crippen LogP contribution in [-0.4, -0.2) is 25.3 Å². The van der Waals surface area contributed by atoms with E-state index in [1.54, 1.807) is 0 Å². The monoisotopic (exact) mass is 254 g/mol. The molecule has 4 heteroatoms. The van der Waals surface area contributed by atoms with E-state index in [0.29, 0.717) is 10.9 Å². The molecule has 0 spiro atoms. The normalized spacial score (nSPS) is 18.9. The second-order valence-corrected chi connectivity index (χ2v) is 5.36. The van der Waals surface area contributed by atoms with Gasteiger partial charge >= 0.3 is 0 Å². The van der Waals surface area contributed by atoms with Gasteiger partial charge in [-0.2, -0.15) is 0 Å². The van der Waals surface area contributed by atoms with Crippen LogP contribution in [0.1, 0.15) is 24.4 Å². The molecule has 1 aliphatic carbocycles. The zero-order valence-corrected chi connectivity index (χ0v) is 11.0. The van der Waals surface area contributed by atoms with Crippen molar-refractivity contribution in [1.29, 1.82) is 0 Å². The molecular weight excluding hydrogens is 236 g/mol. The van der Waals surface area contributed by atoms with Crippen LogP contribution in [-0.2, 0) is 0 Å². The molecule has 3 N–H and O–H groups in total. The van der Waals surface area contributed by atoms with Gasteiger partial charge in [-0.3, -0.25) is 0 Å². The van der Waals surface area contributed by atoms with E-state index in [-0.39, 0.29) is 6.04 Å². The topological polar surface area (TPSA) is 49.5 Å². The second kappa shape index (κ2) is 4.84. The minimum Gasteiger partial charge on any atom is -0.391 e. The van der Waals surface area contributed by atoms with E-state index >= 15 is 0 Å². The Morgan fingerprint density at radius 2 is 2.06 bits per heavy atom. The molecule has 0 amide bonds. The molecule has 0 aliphatic heterocycles. The lowest BCUT2D eigenvalue weighted by Gasteiger charge is -2.21. The van der Waals surface area contributed by atoms with Gasteiger partial charge in [0, 0.05) is 24.8 Å². The molecule has 2 atom stereocenters. The molecule has 2 rings (SSSR count). The van der Waals surface area contributed by atoms with Crippen LogP contribution in [0.3, 0.4) is 0 Å². The maximum absolute atomic E-state index is 10.0. The number of halogens is 1. The highest BCUT2D eigenvalue weighted by atomic mass is 35.5. The van der Waals surface area contributed by atoms with Crippen LogP contribution in [0.4, 0.5) is 5.69 Å². The van der Waals surface area contributed by atoms with Crippen molar-refractivity contribution in [2.45, 2.75) is 25.0 Å². The number of anilines is 1. The third-order valence-electron chi connectivity index (χ3n) is 3.33. The molecule has 0 bridgehead atoms. The van der Waals surface area contributed by atoms with E-state index in [9.17, 15) is 5.11 Å². The highest BCUT2D eigenvalue weighted by Crippen LogP contribution is 2.39. The number of nitrogens with two attached hydrogens (primary N) is 1. The van der Waals surface area contributed by atoms with Gasteiger partial charge in [-0.05, 0) is 36.5 Å². The summed E-state index contributed by atoms with van der Waals surface area (Å²) in [5, 5.41) is 10.6. The molecule has 0 radical (unpaired) electrons. The van der Waals surface area contributed by atoms with Crippen molar-refractivity contribution in [3.05, 3.63) is 28.8 Å². The lowest BCUT2D eigenvalue weighted by atomic mass is 9.99. The van der Waals surface area contributed by atoms with Crippen molar-refractivity contribution in [3.8, 4) is 0 Å². The third kappa shape index (κ3) is 2.73. The zero-order chi connectivity index (χ0) is 12.6. The minimum atomic E-state index is -0.474. The molecule has 17 heavy (non-hydrogen) atoms. The molecule has 0 saturated heterocycles. The molecule has 94 valence electrons. The fraction of sp³-hybridized carbons (Fsp3) is 0.538. The first-order valence-electron chi connectivity index (χ1n) is 5.91. The third-order valence-corrected chi connectivity index (χ3v) is 3.66. The summed E-state index contributed by atoms with van der Waals surface area (Å²) in [6.07, 6.45) is 1.67. The Labute approximate surface area is 107 Å². The first-order chi connectivity index (χ1) is 8.00. The van der Waals surface area contributed by atoms with Crippen molar-refractivity contribution in [1.82, 2.24) is 0 Å². The number of hydrogen-bond acceptors (Lipinski definition) is 3. The predicted octanol–water partition coefficient (Wildman–Crippen LogP) is 2.18. The van der Waals surface area contributed by atoms with Crippen molar-refractivity contribution in [2.75, 3.05) is 19.0 Å². The number of aliphatic hydroxyl groups is 1. The highest BCUT2D eigenvalue weighted by molar-refractivity contribution is 6.31. The van der Waals surface area contributed by atoms with E-state index in [0.717, 1.165) is 24.1 Å². The summed E-state index contributed by atoms with van der Waals surface area (Å²) < 4.78 is 0. The van der Waals surface area contributed by atoms with Gasteiger partial charge in [0.2, 0.25) is 0 Å². The summed E-state index contributed by atoms with van der Waals surface area (Å²) >= 11 is 6.22. The largest absolute Gasteiger partial charge is 0.391 e. The lowest BCUT2D eigenvalue weighted by Crippen LogP contribution is -2.28. The number of rotatable bonds is 4. The van der Waals surface area contributed by atoms with Crippen LogP contribution in [0.25, 0.3) is 0 Å². The maximum Gasteiger partial charge on any atom is 0.0761 e. The summed E-state index contributed by atoms with van der Waals surface area (Å²) in [5.41, 5.74) is 7.92. The zero-order valence-electron chi connectivity index (χ0n) is 10.2. The minimum absolute atomic E-state index is 0.356. The number of aliphatic hydroxyl groups excluding tert-OH is 1. The smallest absolute Gasteiger partial charge is 0.0761 e. The molecule has 0 unspecified atom stereocenters. The molecule has 0 heterocycles. The van der Waals surface area contributed by atoms with Crippen LogP contribution in [0.15, 0.2) is 18.2 Å². The Hall–Kier alpha value is -0.770. The van der Waals surface area contributed by atoms with Gasteiger partial charge in [0.25, 0.3) is 0 Å². The average Bonchev–Trinajstić information content (AvgIpc) is 3.10. The second-order valence-electron chi connectivity index (χ2n) is 4.95. The van der Waals surface area contributed by atoms with Crippen molar-refractivity contribution in [3.63, 3.8) is 0 Å². The Morgan fingerprint density at radius 3 is 2.53 bits per heavy atom. The molecule has 1 fully saturated rings. The Balaban J connectivity index is 2.20. The number of nitrogens with zero attached hydrogens (tertiary/aromatic N) is 1. The number of benzene rings is 1. The van der Waals surface area contributed by atoms with Gasteiger partial charge in [0.1, 0.15) is 0 Å². The lowest BCUT2D eigenvalue weighted by molar-refractivity contribution is 0.122. The molecule has 1 aromatic rings. The van der Waals surface area contributed by atoms with Crippen molar-refractivity contribution < 1.29 is 5.11 Å². The Bertz CT molecular complexity index is 404. The van der Waals surface area contributed by atoms with Gasteiger partial charge in [0.05, 0.1) is 12.1 Å². The summed E-state index contributed by atoms with van der Waals surface area (Å²) in [7, 11) is 3.93. The van der Waals surface area contributed by atoms with Crippen LogP contribution < -0.4 is 10.6 Å². The van der Waals surface area contributed by atoms with E-state index in [1.807, 2.05) is 37.2 Å². The molecular formula is C13H19ClN2O. The summed E-state index contributed by atoms with van der Waals surface area (Å²) in [6.45, 7) is 0. The van der Waals surface area contributed by atoms with Gasteiger partial charge in [-0.25, -0.2) is 0 Å². The summed E-state index contributed by atoms with van der Waals surface area (Å²) in [6, 6.07) is 5.39. The van der Waals surface area contributed by atoms with Crippen molar-refractivity contribution in [2.24, 2.45) is 11.7 Å². The fourth-order valence-electron chi connectivity index (χ4n) is 1.98. The van der Waals surface area contributed by atoms with E-state index in [1.165, 1.54) is 0 Å². The molecule has 1 saturated carbocycles. The van der Waals surface area contributed by atoms with Crippen LogP contribution in [0.5, 0.6) is 0 Å². The van der Waals surface area contributed by atoms with E-state index in [2.05, 4.69) is 0 Å². The van der Waals surface area contributed by atoms with Crippen LogP contribution in [0.2, 0.25) is 5.02 Å². The van der Waals surface area contributed by atoms with Gasteiger partial charge in [-0.15, -0.1) is 0 Å². The van der Waals surface area contributed by atoms with Crippen LogP contribution >= 0.6 is 11.6 Å². The molecule has 0 aromatic heterocycles. The summed E-state index contributed by atoms with van der Waals surface area (Å²) in [5.74, 6) is 0.356. The predicted molar refractivity (Wildman–Crippen MR) is 71.4 cm³/mol. The average molecular weight is 255 g/mol. The fourth-order valence-corrected chi connectivity index (χ4v) is 2.28. The quantitative estimate of drug-likeness (QED) is 0.866. The van der Waals surface area contributed by atoms with Crippen LogP contribution in [0, 0.1) is 5.92 Å². The number of hydrogen-bond donors (Lipinski definition) is 2. The molecule has 1 aliphatic rings. The summed E-state index contributed by atoms with van der Waals surface area (Å²) in [4.78, 5) is 1.98.